The van der Waals surface area contributed by atoms with Gasteiger partial charge in [-0.2, -0.15) is 13.2 Å². The Morgan fingerprint density at radius 2 is 2.17 bits per heavy atom. The summed E-state index contributed by atoms with van der Waals surface area (Å²) in [6, 6.07) is 4.33. The Morgan fingerprint density at radius 3 is 2.86 bits per heavy atom. The second-order valence-corrected chi connectivity index (χ2v) is 8.88. The molecule has 5 unspecified atom stereocenters. The first-order valence-electron chi connectivity index (χ1n) is 9.52. The first-order chi connectivity index (χ1) is 13.7. The second kappa shape index (κ2) is 7.52. The van der Waals surface area contributed by atoms with Gasteiger partial charge in [0.1, 0.15) is 0 Å². The number of amides is 1. The van der Waals surface area contributed by atoms with Crippen molar-refractivity contribution in [2.24, 2.45) is 5.92 Å². The van der Waals surface area contributed by atoms with Crippen molar-refractivity contribution < 1.29 is 27.5 Å². The summed E-state index contributed by atoms with van der Waals surface area (Å²) in [6.45, 7) is -0.734. The van der Waals surface area contributed by atoms with Crippen LogP contribution < -0.4 is 5.32 Å². The first kappa shape index (κ1) is 20.6. The minimum atomic E-state index is -5.14. The van der Waals surface area contributed by atoms with E-state index >= 15 is 0 Å². The lowest BCUT2D eigenvalue weighted by Gasteiger charge is -2.45. The molecular formula is C20H22F4N2O2S. The molecule has 2 aliphatic rings. The zero-order valence-corrected chi connectivity index (χ0v) is 16.6. The Hall–Kier alpha value is -1.71. The van der Waals surface area contributed by atoms with E-state index in [0.717, 1.165) is 12.0 Å². The molecule has 1 aliphatic carbocycles. The maximum atomic E-state index is 13.6. The van der Waals surface area contributed by atoms with Crippen LogP contribution in [0.4, 0.5) is 17.6 Å². The largest absolute Gasteiger partial charge is 0.421 e. The Labute approximate surface area is 169 Å². The number of carbonyl (C=O) groups is 1. The number of alkyl halides is 4. The molecule has 2 N–H and O–H groups in total. The van der Waals surface area contributed by atoms with E-state index in [1.807, 2.05) is 13.1 Å². The number of fused-ring (bicyclic) bond motifs is 2. The molecule has 158 valence electrons. The Balaban J connectivity index is 1.55. The number of halogens is 4. The summed E-state index contributed by atoms with van der Waals surface area (Å²) in [5.41, 5.74) is 2.46. The first-order valence-corrected chi connectivity index (χ1v) is 10.4. The van der Waals surface area contributed by atoms with E-state index in [0.29, 0.717) is 13.0 Å². The van der Waals surface area contributed by atoms with Crippen LogP contribution in [0.5, 0.6) is 0 Å². The van der Waals surface area contributed by atoms with Crippen LogP contribution in [-0.4, -0.2) is 60.5 Å². The summed E-state index contributed by atoms with van der Waals surface area (Å²) in [5.74, 6) is -1.15. The zero-order chi connectivity index (χ0) is 20.9. The highest BCUT2D eigenvalue weighted by Gasteiger charge is 2.47. The molecule has 0 bridgehead atoms. The van der Waals surface area contributed by atoms with Gasteiger partial charge in [0, 0.05) is 23.2 Å². The van der Waals surface area contributed by atoms with Crippen molar-refractivity contribution in [2.45, 2.75) is 43.2 Å². The molecule has 1 saturated heterocycles. The zero-order valence-electron chi connectivity index (χ0n) is 15.7. The predicted octanol–water partition coefficient (Wildman–Crippen LogP) is 3.24. The molecule has 0 saturated carbocycles. The monoisotopic (exact) mass is 430 g/mol. The van der Waals surface area contributed by atoms with Crippen LogP contribution in [0.15, 0.2) is 23.6 Å². The van der Waals surface area contributed by atoms with Crippen molar-refractivity contribution >= 4 is 27.3 Å². The highest BCUT2D eigenvalue weighted by Crippen LogP contribution is 2.46. The lowest BCUT2D eigenvalue weighted by atomic mass is 9.72. The molecule has 1 fully saturated rings. The molecule has 9 heteroatoms. The number of nitrogens with one attached hydrogen (secondary N) is 1. The number of aliphatic hydroxyl groups excluding tert-OH is 1. The Kier molecular flexibility index (Phi) is 5.33. The van der Waals surface area contributed by atoms with E-state index in [4.69, 9.17) is 5.11 Å². The van der Waals surface area contributed by atoms with Gasteiger partial charge in [0.05, 0.1) is 18.6 Å². The topological polar surface area (TPSA) is 52.6 Å². The standard InChI is InChI=1S/C20H22F4N2O2S/c1-26-7-10(19(28)25-14(8-27)18(21)20(22,23)24)5-13-12-3-2-4-16-17(12)11(9-29-16)6-15(13)26/h2-4,9-10,13-15,18,27H,5-8H2,1H3,(H,25,28). The van der Waals surface area contributed by atoms with Gasteiger partial charge in [0.15, 0.2) is 0 Å². The third kappa shape index (κ3) is 3.64. The molecule has 2 aromatic rings. The quantitative estimate of drug-likeness (QED) is 0.733. The lowest BCUT2D eigenvalue weighted by molar-refractivity contribution is -0.191. The summed E-state index contributed by atoms with van der Waals surface area (Å²) < 4.78 is 52.8. The number of benzene rings is 1. The highest BCUT2D eigenvalue weighted by molar-refractivity contribution is 7.17. The summed E-state index contributed by atoms with van der Waals surface area (Å²) in [6.07, 6.45) is -7.09. The molecule has 0 radical (unpaired) electrons. The predicted molar refractivity (Wildman–Crippen MR) is 103 cm³/mol. The van der Waals surface area contributed by atoms with Crippen LogP contribution in [0.3, 0.4) is 0 Å². The number of hydrogen-bond donors (Lipinski definition) is 2. The normalized spacial score (nSPS) is 26.8. The lowest BCUT2D eigenvalue weighted by Crippen LogP contribution is -2.55. The number of carbonyl (C=O) groups excluding carboxylic acids is 1. The van der Waals surface area contributed by atoms with Crippen molar-refractivity contribution in [1.82, 2.24) is 10.2 Å². The van der Waals surface area contributed by atoms with Crippen LogP contribution in [0, 0.1) is 5.92 Å². The summed E-state index contributed by atoms with van der Waals surface area (Å²) in [4.78, 5) is 14.7. The minimum absolute atomic E-state index is 0.0756. The maximum absolute atomic E-state index is 13.6. The summed E-state index contributed by atoms with van der Waals surface area (Å²) in [5, 5.41) is 14.7. The highest BCUT2D eigenvalue weighted by atomic mass is 32.1. The number of likely N-dealkylation sites (tertiary alicyclic amines) is 1. The van der Waals surface area contributed by atoms with Gasteiger partial charge in [-0.25, -0.2) is 4.39 Å². The number of aliphatic hydroxyl groups is 1. The van der Waals surface area contributed by atoms with Gasteiger partial charge in [0.2, 0.25) is 12.1 Å². The van der Waals surface area contributed by atoms with Crippen molar-refractivity contribution in [3.8, 4) is 0 Å². The number of hydrogen-bond acceptors (Lipinski definition) is 4. The molecule has 1 aromatic heterocycles. The fourth-order valence-corrected chi connectivity index (χ4v) is 5.77. The Morgan fingerprint density at radius 1 is 1.41 bits per heavy atom. The molecule has 4 rings (SSSR count). The third-order valence-corrected chi connectivity index (χ3v) is 7.17. The average molecular weight is 430 g/mol. The third-order valence-electron chi connectivity index (χ3n) is 6.17. The molecule has 1 amide bonds. The molecule has 1 aromatic carbocycles. The summed E-state index contributed by atoms with van der Waals surface area (Å²) >= 11 is 1.69. The fourth-order valence-electron chi connectivity index (χ4n) is 4.76. The molecule has 1 aliphatic heterocycles. The van der Waals surface area contributed by atoms with E-state index < -0.39 is 36.8 Å². The number of thiophene rings is 1. The number of nitrogens with zero attached hydrogens (tertiary/aromatic N) is 1. The van der Waals surface area contributed by atoms with Crippen LogP contribution in [0.1, 0.15) is 23.5 Å². The van der Waals surface area contributed by atoms with Crippen molar-refractivity contribution in [1.29, 1.82) is 0 Å². The second-order valence-electron chi connectivity index (χ2n) is 7.97. The average Bonchev–Trinajstić information content (AvgIpc) is 3.09. The SMILES string of the molecule is CN1CC(C(=O)NC(CO)C(F)C(F)(F)F)CC2c3cccc4scc(c34)CC21. The molecule has 4 nitrogen and oxygen atoms in total. The van der Waals surface area contributed by atoms with Crippen molar-refractivity contribution in [3.05, 3.63) is 34.7 Å². The minimum Gasteiger partial charge on any atom is -0.394 e. The maximum Gasteiger partial charge on any atom is 0.421 e. The van der Waals surface area contributed by atoms with Crippen molar-refractivity contribution in [2.75, 3.05) is 20.2 Å². The summed E-state index contributed by atoms with van der Waals surface area (Å²) in [7, 11) is 1.91. The molecule has 0 spiro atoms. The van der Waals surface area contributed by atoms with Crippen LogP contribution >= 0.6 is 11.3 Å². The van der Waals surface area contributed by atoms with E-state index in [9.17, 15) is 22.4 Å². The van der Waals surface area contributed by atoms with Crippen LogP contribution in [0.25, 0.3) is 10.1 Å². The fraction of sp³-hybridized carbons (Fsp3) is 0.550. The van der Waals surface area contributed by atoms with Gasteiger partial charge in [-0.15, -0.1) is 11.3 Å². The van der Waals surface area contributed by atoms with Gasteiger partial charge in [0.25, 0.3) is 0 Å². The molecule has 29 heavy (non-hydrogen) atoms. The number of piperidine rings is 1. The van der Waals surface area contributed by atoms with E-state index in [2.05, 4.69) is 27.7 Å². The van der Waals surface area contributed by atoms with Gasteiger partial charge >= 0.3 is 6.18 Å². The molecule has 2 heterocycles. The molecular weight excluding hydrogens is 408 g/mol. The van der Waals surface area contributed by atoms with Gasteiger partial charge in [-0.1, -0.05) is 12.1 Å². The van der Waals surface area contributed by atoms with E-state index in [1.165, 1.54) is 15.6 Å². The van der Waals surface area contributed by atoms with Gasteiger partial charge in [-0.3, -0.25) is 4.79 Å². The number of rotatable bonds is 4. The van der Waals surface area contributed by atoms with E-state index in [1.54, 1.807) is 11.3 Å². The van der Waals surface area contributed by atoms with Crippen LogP contribution in [0.2, 0.25) is 0 Å². The Bertz CT molecular complexity index is 916. The van der Waals surface area contributed by atoms with Gasteiger partial charge < -0.3 is 15.3 Å². The van der Waals surface area contributed by atoms with Gasteiger partial charge in [-0.05, 0) is 47.8 Å². The van der Waals surface area contributed by atoms with E-state index in [-0.39, 0.29) is 12.0 Å². The van der Waals surface area contributed by atoms with Crippen LogP contribution in [-0.2, 0) is 11.2 Å². The van der Waals surface area contributed by atoms with Crippen molar-refractivity contribution in [3.63, 3.8) is 0 Å². The number of likely N-dealkylation sites (N-methyl/N-ethyl adjacent to an activating group) is 1. The smallest absolute Gasteiger partial charge is 0.394 e. The molecule has 5 atom stereocenters.